The molecule has 3 heteroatoms. The van der Waals surface area contributed by atoms with E-state index < -0.39 is 10.8 Å². The lowest BCUT2D eigenvalue weighted by molar-refractivity contribution is 0.256. The van der Waals surface area contributed by atoms with Crippen molar-refractivity contribution >= 4 is 10.8 Å². The number of rotatable bonds is 3. The average molecular weight is 265 g/mol. The molecule has 1 fully saturated rings. The molecule has 1 saturated heterocycles. The Morgan fingerprint density at radius 3 is 2.78 bits per heavy atom. The van der Waals surface area contributed by atoms with Gasteiger partial charge in [0.1, 0.15) is 0 Å². The van der Waals surface area contributed by atoms with E-state index in [2.05, 4.69) is 43.0 Å². The first kappa shape index (κ1) is 13.8. The molecule has 2 rings (SSSR count). The van der Waals surface area contributed by atoms with Crippen LogP contribution in [0.5, 0.6) is 0 Å². The van der Waals surface area contributed by atoms with Crippen LogP contribution >= 0.6 is 0 Å². The second-order valence-electron chi connectivity index (χ2n) is 5.27. The maximum Gasteiger partial charge on any atom is 0.0362 e. The van der Waals surface area contributed by atoms with Gasteiger partial charge in [-0.1, -0.05) is 38.1 Å². The normalized spacial score (nSPS) is 25.9. The molecule has 1 aliphatic rings. The van der Waals surface area contributed by atoms with Crippen LogP contribution in [0.3, 0.4) is 0 Å². The summed E-state index contributed by atoms with van der Waals surface area (Å²) in [5, 5.41) is 0. The minimum absolute atomic E-state index is 0.544. The maximum absolute atomic E-state index is 11.7. The van der Waals surface area contributed by atoms with E-state index in [1.54, 1.807) is 0 Å². The van der Waals surface area contributed by atoms with Gasteiger partial charge in [-0.2, -0.15) is 0 Å². The molecule has 2 unspecified atom stereocenters. The molecule has 0 bridgehead atoms. The van der Waals surface area contributed by atoms with Crippen molar-refractivity contribution in [1.29, 1.82) is 0 Å². The molecule has 2 nitrogen and oxygen atoms in total. The summed E-state index contributed by atoms with van der Waals surface area (Å²) < 4.78 is 11.7. The summed E-state index contributed by atoms with van der Waals surface area (Å²) >= 11 is 0. The monoisotopic (exact) mass is 265 g/mol. The maximum atomic E-state index is 11.7. The molecule has 0 radical (unpaired) electrons. The molecule has 100 valence electrons. The van der Waals surface area contributed by atoms with Gasteiger partial charge < -0.3 is 0 Å². The highest BCUT2D eigenvalue weighted by Gasteiger charge is 2.19. The fourth-order valence-corrected chi connectivity index (χ4v) is 4.03. The van der Waals surface area contributed by atoms with Crippen LogP contribution in [0.2, 0.25) is 0 Å². The van der Waals surface area contributed by atoms with Crippen molar-refractivity contribution in [1.82, 2.24) is 4.90 Å². The smallest absolute Gasteiger partial charge is 0.0362 e. The first-order valence-corrected chi connectivity index (χ1v) is 8.32. The molecule has 0 aromatic heterocycles. The Bertz CT molecular complexity index is 419. The number of hydrogen-bond acceptors (Lipinski definition) is 2. The van der Waals surface area contributed by atoms with E-state index in [1.807, 2.05) is 0 Å². The molecule has 0 amide bonds. The zero-order valence-corrected chi connectivity index (χ0v) is 12.2. The number of benzene rings is 1. The molecule has 0 spiro atoms. The molecule has 1 aromatic carbocycles. The zero-order chi connectivity index (χ0) is 13.0. The fraction of sp³-hybridized carbons (Fsp3) is 0.600. The summed E-state index contributed by atoms with van der Waals surface area (Å²) in [5.74, 6) is 2.24. The van der Waals surface area contributed by atoms with Crippen LogP contribution in [0.25, 0.3) is 0 Å². The highest BCUT2D eigenvalue weighted by molar-refractivity contribution is 7.85. The van der Waals surface area contributed by atoms with Gasteiger partial charge in [-0.15, -0.1) is 0 Å². The largest absolute Gasteiger partial charge is 0.298 e. The van der Waals surface area contributed by atoms with Crippen LogP contribution in [-0.2, 0) is 23.8 Å². The molecule has 1 aliphatic heterocycles. The third kappa shape index (κ3) is 3.66. The molecule has 0 saturated carbocycles. The van der Waals surface area contributed by atoms with Crippen LogP contribution in [0.15, 0.2) is 24.3 Å². The number of aryl methyl sites for hydroxylation is 1. The highest BCUT2D eigenvalue weighted by atomic mass is 32.2. The van der Waals surface area contributed by atoms with Crippen molar-refractivity contribution in [2.45, 2.75) is 26.8 Å². The van der Waals surface area contributed by atoms with Crippen molar-refractivity contribution in [3.8, 4) is 0 Å². The van der Waals surface area contributed by atoms with Gasteiger partial charge in [0.2, 0.25) is 0 Å². The summed E-state index contributed by atoms with van der Waals surface area (Å²) in [6, 6.07) is 8.68. The SMILES string of the molecule is CCc1ccccc1CN1CCS(=O)CC(C)C1. The predicted molar refractivity (Wildman–Crippen MR) is 78.1 cm³/mol. The summed E-state index contributed by atoms with van der Waals surface area (Å²) in [4.78, 5) is 2.46. The zero-order valence-electron chi connectivity index (χ0n) is 11.4. The molecular weight excluding hydrogens is 242 g/mol. The molecule has 1 heterocycles. The lowest BCUT2D eigenvalue weighted by atomic mass is 10.0. The first-order valence-electron chi connectivity index (χ1n) is 6.83. The second-order valence-corrected chi connectivity index (χ2v) is 6.89. The summed E-state index contributed by atoms with van der Waals surface area (Å²) in [6.07, 6.45) is 1.09. The van der Waals surface area contributed by atoms with Gasteiger partial charge >= 0.3 is 0 Å². The predicted octanol–water partition coefficient (Wildman–Crippen LogP) is 2.45. The van der Waals surface area contributed by atoms with Crippen LogP contribution in [0.4, 0.5) is 0 Å². The Balaban J connectivity index is 2.06. The second kappa shape index (κ2) is 6.48. The molecule has 0 N–H and O–H groups in total. The van der Waals surface area contributed by atoms with E-state index in [0.29, 0.717) is 5.92 Å². The molecule has 2 atom stereocenters. The van der Waals surface area contributed by atoms with Crippen LogP contribution in [0.1, 0.15) is 25.0 Å². The van der Waals surface area contributed by atoms with E-state index in [1.165, 1.54) is 11.1 Å². The van der Waals surface area contributed by atoms with Crippen molar-refractivity contribution in [3.63, 3.8) is 0 Å². The Morgan fingerprint density at radius 1 is 1.33 bits per heavy atom. The van der Waals surface area contributed by atoms with Crippen LogP contribution < -0.4 is 0 Å². The van der Waals surface area contributed by atoms with E-state index in [9.17, 15) is 4.21 Å². The molecule has 1 aromatic rings. The Morgan fingerprint density at radius 2 is 2.06 bits per heavy atom. The van der Waals surface area contributed by atoms with Gasteiger partial charge in [0.25, 0.3) is 0 Å². The summed E-state index contributed by atoms with van der Waals surface area (Å²) in [5.41, 5.74) is 2.87. The Labute approximate surface area is 113 Å². The lowest BCUT2D eigenvalue weighted by Crippen LogP contribution is -2.29. The molecule has 18 heavy (non-hydrogen) atoms. The highest BCUT2D eigenvalue weighted by Crippen LogP contribution is 2.15. The quantitative estimate of drug-likeness (QED) is 0.837. The third-order valence-corrected chi connectivity index (χ3v) is 5.15. The lowest BCUT2D eigenvalue weighted by Gasteiger charge is -2.23. The minimum Gasteiger partial charge on any atom is -0.298 e. The van der Waals surface area contributed by atoms with Crippen molar-refractivity contribution in [3.05, 3.63) is 35.4 Å². The van der Waals surface area contributed by atoms with Gasteiger partial charge in [0, 0.05) is 41.9 Å². The number of hydrogen-bond donors (Lipinski definition) is 0. The van der Waals surface area contributed by atoms with E-state index in [-0.39, 0.29) is 0 Å². The van der Waals surface area contributed by atoms with Gasteiger partial charge in [-0.25, -0.2) is 0 Å². The van der Waals surface area contributed by atoms with E-state index >= 15 is 0 Å². The topological polar surface area (TPSA) is 20.3 Å². The van der Waals surface area contributed by atoms with Gasteiger partial charge in [0.15, 0.2) is 0 Å². The van der Waals surface area contributed by atoms with Gasteiger partial charge in [-0.3, -0.25) is 9.11 Å². The van der Waals surface area contributed by atoms with Crippen LogP contribution in [-0.4, -0.2) is 33.7 Å². The van der Waals surface area contributed by atoms with Crippen molar-refractivity contribution < 1.29 is 4.21 Å². The fourth-order valence-electron chi connectivity index (χ4n) is 2.66. The molecular formula is C15H23NOS. The minimum atomic E-state index is -0.615. The Kier molecular flexibility index (Phi) is 4.95. The Hall–Kier alpha value is -0.670. The summed E-state index contributed by atoms with van der Waals surface area (Å²) in [7, 11) is -0.615. The van der Waals surface area contributed by atoms with E-state index in [4.69, 9.17) is 0 Å². The third-order valence-electron chi connectivity index (χ3n) is 3.57. The standard InChI is InChI=1S/C15H23NOS/c1-3-14-6-4-5-7-15(14)11-16-8-9-18(17)12-13(2)10-16/h4-7,13H,3,8-12H2,1-2H3. The van der Waals surface area contributed by atoms with Gasteiger partial charge in [-0.05, 0) is 23.5 Å². The average Bonchev–Trinajstić information content (AvgIpc) is 2.51. The van der Waals surface area contributed by atoms with Crippen LogP contribution in [0, 0.1) is 5.92 Å². The number of nitrogens with zero attached hydrogens (tertiary/aromatic N) is 1. The summed E-state index contributed by atoms with van der Waals surface area (Å²) in [6.45, 7) is 7.46. The van der Waals surface area contributed by atoms with E-state index in [0.717, 1.165) is 37.6 Å². The van der Waals surface area contributed by atoms with Gasteiger partial charge in [0.05, 0.1) is 0 Å². The van der Waals surface area contributed by atoms with Crippen molar-refractivity contribution in [2.75, 3.05) is 24.6 Å². The van der Waals surface area contributed by atoms with Crippen molar-refractivity contribution in [2.24, 2.45) is 5.92 Å². The first-order chi connectivity index (χ1) is 8.69. The molecule has 0 aliphatic carbocycles.